The van der Waals surface area contributed by atoms with E-state index in [2.05, 4.69) is 20.6 Å². The third-order valence-corrected chi connectivity index (χ3v) is 2.34. The lowest BCUT2D eigenvalue weighted by Crippen LogP contribution is -2.32. The fourth-order valence-electron chi connectivity index (χ4n) is 0.997. The highest BCUT2D eigenvalue weighted by Gasteiger charge is 2.16. The first-order valence-corrected chi connectivity index (χ1v) is 5.03. The molecule has 0 aliphatic heterocycles. The zero-order chi connectivity index (χ0) is 11.3. The van der Waals surface area contributed by atoms with Crippen molar-refractivity contribution >= 4 is 11.6 Å². The molecule has 0 saturated carbocycles. The van der Waals surface area contributed by atoms with Gasteiger partial charge < -0.3 is 15.7 Å². The van der Waals surface area contributed by atoms with Crippen LogP contribution in [0.3, 0.4) is 0 Å². The number of hydrogen-bond donors (Lipinski definition) is 3. The molecule has 1 unspecified atom stereocenters. The van der Waals surface area contributed by atoms with Gasteiger partial charge in [0.1, 0.15) is 18.0 Å². The Hall–Kier alpha value is -1.36. The van der Waals surface area contributed by atoms with Gasteiger partial charge in [0.2, 0.25) is 0 Å². The Balaban J connectivity index is 2.57. The van der Waals surface area contributed by atoms with Crippen molar-refractivity contribution < 1.29 is 5.11 Å². The third kappa shape index (κ3) is 3.71. The SMILES string of the molecule is CCC(C)(O)CNc1cc(NC)ncn1. The van der Waals surface area contributed by atoms with E-state index in [4.69, 9.17) is 0 Å². The molecule has 5 heteroatoms. The molecule has 0 fully saturated rings. The molecule has 0 saturated heterocycles. The molecule has 0 aliphatic rings. The summed E-state index contributed by atoms with van der Waals surface area (Å²) in [5, 5.41) is 15.8. The summed E-state index contributed by atoms with van der Waals surface area (Å²) in [6.07, 6.45) is 2.18. The molecule has 1 aromatic heterocycles. The molecule has 0 amide bonds. The minimum Gasteiger partial charge on any atom is -0.388 e. The summed E-state index contributed by atoms with van der Waals surface area (Å²) in [4.78, 5) is 8.05. The van der Waals surface area contributed by atoms with Crippen LogP contribution in [0.2, 0.25) is 0 Å². The summed E-state index contributed by atoms with van der Waals surface area (Å²) in [5.74, 6) is 1.46. The van der Waals surface area contributed by atoms with Gasteiger partial charge in [0.05, 0.1) is 5.60 Å². The summed E-state index contributed by atoms with van der Waals surface area (Å²) >= 11 is 0. The minimum absolute atomic E-state index is 0.476. The number of anilines is 2. The predicted octanol–water partition coefficient (Wildman–Crippen LogP) is 1.09. The molecule has 0 aromatic carbocycles. The second-order valence-corrected chi connectivity index (χ2v) is 3.74. The fourth-order valence-corrected chi connectivity index (χ4v) is 0.997. The van der Waals surface area contributed by atoms with Gasteiger partial charge in [-0.1, -0.05) is 6.92 Å². The summed E-state index contributed by atoms with van der Waals surface area (Å²) in [5.41, 5.74) is -0.704. The maximum atomic E-state index is 9.79. The first kappa shape index (κ1) is 11.7. The number of nitrogens with one attached hydrogen (secondary N) is 2. The van der Waals surface area contributed by atoms with E-state index in [-0.39, 0.29) is 0 Å². The lowest BCUT2D eigenvalue weighted by molar-refractivity contribution is 0.0696. The lowest BCUT2D eigenvalue weighted by Gasteiger charge is -2.21. The molecule has 1 rings (SSSR count). The topological polar surface area (TPSA) is 70.1 Å². The molecule has 84 valence electrons. The van der Waals surface area contributed by atoms with Gasteiger partial charge in [-0.15, -0.1) is 0 Å². The van der Waals surface area contributed by atoms with Crippen LogP contribution in [0, 0.1) is 0 Å². The number of rotatable bonds is 5. The van der Waals surface area contributed by atoms with Crippen molar-refractivity contribution in [2.75, 3.05) is 24.2 Å². The van der Waals surface area contributed by atoms with Crippen molar-refractivity contribution in [3.05, 3.63) is 12.4 Å². The van der Waals surface area contributed by atoms with Gasteiger partial charge in [-0.3, -0.25) is 0 Å². The van der Waals surface area contributed by atoms with E-state index < -0.39 is 5.60 Å². The second-order valence-electron chi connectivity index (χ2n) is 3.74. The van der Waals surface area contributed by atoms with Gasteiger partial charge in [-0.05, 0) is 13.3 Å². The molecule has 0 spiro atoms. The quantitative estimate of drug-likeness (QED) is 0.678. The van der Waals surface area contributed by atoms with E-state index in [1.54, 1.807) is 20.0 Å². The van der Waals surface area contributed by atoms with Gasteiger partial charge in [0, 0.05) is 19.7 Å². The van der Waals surface area contributed by atoms with E-state index in [0.29, 0.717) is 18.8 Å². The van der Waals surface area contributed by atoms with Crippen molar-refractivity contribution in [1.82, 2.24) is 9.97 Å². The molecule has 1 heterocycles. The fraction of sp³-hybridized carbons (Fsp3) is 0.600. The van der Waals surface area contributed by atoms with Crippen LogP contribution in [0.25, 0.3) is 0 Å². The molecular formula is C10H18N4O. The lowest BCUT2D eigenvalue weighted by atomic mass is 10.0. The van der Waals surface area contributed by atoms with E-state index in [9.17, 15) is 5.11 Å². The average molecular weight is 210 g/mol. The maximum absolute atomic E-state index is 9.79. The van der Waals surface area contributed by atoms with Crippen LogP contribution < -0.4 is 10.6 Å². The highest BCUT2D eigenvalue weighted by Crippen LogP contribution is 2.12. The van der Waals surface area contributed by atoms with Crippen LogP contribution in [0.1, 0.15) is 20.3 Å². The van der Waals surface area contributed by atoms with Crippen molar-refractivity contribution in [2.45, 2.75) is 25.9 Å². The van der Waals surface area contributed by atoms with E-state index in [0.717, 1.165) is 5.82 Å². The zero-order valence-corrected chi connectivity index (χ0v) is 9.41. The Kier molecular flexibility index (Phi) is 3.85. The summed E-state index contributed by atoms with van der Waals surface area (Å²) in [6, 6.07) is 1.80. The van der Waals surface area contributed by atoms with Gasteiger partial charge >= 0.3 is 0 Å². The highest BCUT2D eigenvalue weighted by molar-refractivity contribution is 5.46. The first-order valence-electron chi connectivity index (χ1n) is 5.03. The number of nitrogens with zero attached hydrogens (tertiary/aromatic N) is 2. The van der Waals surface area contributed by atoms with Crippen molar-refractivity contribution in [3.8, 4) is 0 Å². The Morgan fingerprint density at radius 3 is 2.67 bits per heavy atom. The van der Waals surface area contributed by atoms with Crippen LogP contribution in [0.4, 0.5) is 11.6 Å². The van der Waals surface area contributed by atoms with Crippen LogP contribution >= 0.6 is 0 Å². The summed E-state index contributed by atoms with van der Waals surface area (Å²) < 4.78 is 0. The molecular weight excluding hydrogens is 192 g/mol. The van der Waals surface area contributed by atoms with Crippen molar-refractivity contribution in [3.63, 3.8) is 0 Å². The van der Waals surface area contributed by atoms with Crippen molar-refractivity contribution in [1.29, 1.82) is 0 Å². The second kappa shape index (κ2) is 4.93. The number of aromatic nitrogens is 2. The Morgan fingerprint density at radius 2 is 2.07 bits per heavy atom. The van der Waals surface area contributed by atoms with Crippen LogP contribution in [0.15, 0.2) is 12.4 Å². The average Bonchev–Trinajstić information content (AvgIpc) is 2.27. The number of aliphatic hydroxyl groups is 1. The van der Waals surface area contributed by atoms with E-state index in [1.807, 2.05) is 6.92 Å². The molecule has 1 aromatic rings. The molecule has 5 nitrogen and oxygen atoms in total. The maximum Gasteiger partial charge on any atom is 0.131 e. The molecule has 3 N–H and O–H groups in total. The van der Waals surface area contributed by atoms with Crippen LogP contribution in [-0.2, 0) is 0 Å². The van der Waals surface area contributed by atoms with Gasteiger partial charge in [-0.25, -0.2) is 9.97 Å². The predicted molar refractivity (Wildman–Crippen MR) is 61.0 cm³/mol. The third-order valence-electron chi connectivity index (χ3n) is 2.34. The summed E-state index contributed by atoms with van der Waals surface area (Å²) in [6.45, 7) is 4.21. The van der Waals surface area contributed by atoms with Gasteiger partial charge in [0.15, 0.2) is 0 Å². The van der Waals surface area contributed by atoms with E-state index >= 15 is 0 Å². The van der Waals surface area contributed by atoms with Gasteiger partial charge in [-0.2, -0.15) is 0 Å². The zero-order valence-electron chi connectivity index (χ0n) is 9.41. The smallest absolute Gasteiger partial charge is 0.131 e. The normalized spacial score (nSPS) is 14.4. The molecule has 15 heavy (non-hydrogen) atoms. The van der Waals surface area contributed by atoms with Crippen LogP contribution in [0.5, 0.6) is 0 Å². The molecule has 1 atom stereocenters. The van der Waals surface area contributed by atoms with Gasteiger partial charge in [0.25, 0.3) is 0 Å². The monoisotopic (exact) mass is 210 g/mol. The summed E-state index contributed by atoms with van der Waals surface area (Å²) in [7, 11) is 1.80. The Bertz CT molecular complexity index is 314. The van der Waals surface area contributed by atoms with Crippen LogP contribution in [-0.4, -0.2) is 34.3 Å². The number of hydrogen-bond acceptors (Lipinski definition) is 5. The Labute approximate surface area is 90.0 Å². The molecule has 0 aliphatic carbocycles. The molecule has 0 bridgehead atoms. The Morgan fingerprint density at radius 1 is 1.40 bits per heavy atom. The first-order chi connectivity index (χ1) is 7.07. The van der Waals surface area contributed by atoms with Crippen molar-refractivity contribution in [2.24, 2.45) is 0 Å². The molecule has 0 radical (unpaired) electrons. The standard InChI is InChI=1S/C10H18N4O/c1-4-10(2,15)6-12-9-5-8(11-3)13-7-14-9/h5,7,15H,4,6H2,1-3H3,(H2,11,12,13,14). The largest absolute Gasteiger partial charge is 0.388 e. The van der Waals surface area contributed by atoms with E-state index in [1.165, 1.54) is 6.33 Å². The highest BCUT2D eigenvalue weighted by atomic mass is 16.3. The minimum atomic E-state index is -0.704.